The Morgan fingerprint density at radius 2 is 2.07 bits per heavy atom. The minimum atomic E-state index is -0.432. The van der Waals surface area contributed by atoms with Gasteiger partial charge in [0, 0.05) is 30.8 Å². The predicted molar refractivity (Wildman–Crippen MR) is 106 cm³/mol. The van der Waals surface area contributed by atoms with Crippen molar-refractivity contribution in [2.75, 3.05) is 6.54 Å². The lowest BCUT2D eigenvalue weighted by Crippen LogP contribution is -2.34. The van der Waals surface area contributed by atoms with E-state index in [0.29, 0.717) is 30.6 Å². The van der Waals surface area contributed by atoms with Crippen molar-refractivity contribution >= 4 is 17.7 Å². The molecule has 0 saturated carbocycles. The van der Waals surface area contributed by atoms with E-state index < -0.39 is 11.7 Å². The van der Waals surface area contributed by atoms with Crippen LogP contribution in [-0.4, -0.2) is 41.4 Å². The first kappa shape index (κ1) is 19.9. The largest absolute Gasteiger partial charge is 0.460 e. The summed E-state index contributed by atoms with van der Waals surface area (Å²) in [5.41, 5.74) is 1.54. The van der Waals surface area contributed by atoms with E-state index in [1.165, 1.54) is 12.3 Å². The highest BCUT2D eigenvalue weighted by Gasteiger charge is 2.36. The number of rotatable bonds is 6. The number of carbonyl (C=O) groups excluding carboxylic acids is 3. The Labute approximate surface area is 173 Å². The number of ether oxygens (including phenoxy) is 1. The van der Waals surface area contributed by atoms with Crippen LogP contribution in [-0.2, 0) is 14.3 Å². The fraction of sp³-hybridized carbons (Fsp3) is 0.318. The van der Waals surface area contributed by atoms with Crippen LogP contribution in [0.5, 0.6) is 0 Å². The highest BCUT2D eigenvalue weighted by Crippen LogP contribution is 2.31. The van der Waals surface area contributed by atoms with Crippen LogP contribution in [0.1, 0.15) is 41.6 Å². The fourth-order valence-corrected chi connectivity index (χ4v) is 3.73. The van der Waals surface area contributed by atoms with Crippen LogP contribution in [0.15, 0.2) is 60.3 Å². The van der Waals surface area contributed by atoms with Crippen molar-refractivity contribution in [1.29, 1.82) is 0 Å². The number of fused-ring (bicyclic) bond motifs is 1. The Morgan fingerprint density at radius 3 is 2.80 bits per heavy atom. The van der Waals surface area contributed by atoms with Crippen LogP contribution >= 0.6 is 0 Å². The lowest BCUT2D eigenvalue weighted by Gasteiger charge is -2.25. The van der Waals surface area contributed by atoms with Gasteiger partial charge in [-0.05, 0) is 17.7 Å². The zero-order valence-corrected chi connectivity index (χ0v) is 16.4. The van der Waals surface area contributed by atoms with Crippen molar-refractivity contribution in [2.24, 2.45) is 0 Å². The number of halogens is 1. The molecule has 3 atom stereocenters. The molecule has 0 spiro atoms. The molecule has 0 bridgehead atoms. The van der Waals surface area contributed by atoms with Crippen molar-refractivity contribution in [2.45, 2.75) is 38.0 Å². The van der Waals surface area contributed by atoms with E-state index in [1.54, 1.807) is 48.4 Å². The van der Waals surface area contributed by atoms with Crippen molar-refractivity contribution in [3.63, 3.8) is 0 Å². The summed E-state index contributed by atoms with van der Waals surface area (Å²) in [6.07, 6.45) is 6.06. The molecule has 156 valence electrons. The number of hydrogen-bond donors (Lipinski definition) is 2. The maximum atomic E-state index is 13.6. The molecule has 1 aromatic rings. The zero-order chi connectivity index (χ0) is 21.3. The molecule has 8 heteroatoms. The van der Waals surface area contributed by atoms with Gasteiger partial charge in [0.05, 0.1) is 12.5 Å². The van der Waals surface area contributed by atoms with Crippen LogP contribution in [0.25, 0.3) is 0 Å². The second-order valence-electron chi connectivity index (χ2n) is 7.38. The molecule has 7 nitrogen and oxygen atoms in total. The number of ketones is 1. The van der Waals surface area contributed by atoms with Gasteiger partial charge >= 0.3 is 5.97 Å². The van der Waals surface area contributed by atoms with Crippen molar-refractivity contribution in [3.05, 3.63) is 71.5 Å². The molecule has 3 heterocycles. The topological polar surface area (TPSA) is 87.7 Å². The minimum Gasteiger partial charge on any atom is -0.460 e. The predicted octanol–water partition coefficient (Wildman–Crippen LogP) is 2.25. The van der Waals surface area contributed by atoms with Crippen LogP contribution < -0.4 is 10.6 Å². The number of cyclic esters (lactones) is 1. The molecular weight excluding hydrogens is 389 g/mol. The second-order valence-corrected chi connectivity index (χ2v) is 7.38. The smallest absolute Gasteiger partial charge is 0.313 e. The van der Waals surface area contributed by atoms with Gasteiger partial charge in [-0.2, -0.15) is 0 Å². The molecule has 30 heavy (non-hydrogen) atoms. The molecular formula is C22H22FN3O4. The number of benzene rings is 1. The molecule has 1 aromatic carbocycles. The minimum absolute atomic E-state index is 0.0887. The quantitative estimate of drug-likeness (QED) is 0.552. The van der Waals surface area contributed by atoms with Gasteiger partial charge in [-0.15, -0.1) is 0 Å². The number of nitrogens with one attached hydrogen (secondary N) is 2. The van der Waals surface area contributed by atoms with Gasteiger partial charge in [0.15, 0.2) is 0 Å². The summed E-state index contributed by atoms with van der Waals surface area (Å²) in [5, 5.41) is 5.76. The number of esters is 1. The molecule has 1 saturated heterocycles. The molecule has 3 unspecified atom stereocenters. The SMILES string of the molecule is CCC(=O)NCC1CC(c2ccc(C(=O)C3=CNC4C=CC(F)=CN34)cc2)C(=O)O1. The fourth-order valence-electron chi connectivity index (χ4n) is 3.73. The normalized spacial score (nSPS) is 24.5. The first-order chi connectivity index (χ1) is 14.5. The van der Waals surface area contributed by atoms with Gasteiger partial charge < -0.3 is 20.3 Å². The maximum absolute atomic E-state index is 13.6. The molecule has 1 amide bonds. The van der Waals surface area contributed by atoms with Gasteiger partial charge in [0.2, 0.25) is 11.7 Å². The number of Topliss-reactive ketones (excluding diaryl/α,β-unsaturated/α-hetero) is 1. The van der Waals surface area contributed by atoms with E-state index in [4.69, 9.17) is 4.74 Å². The zero-order valence-electron chi connectivity index (χ0n) is 16.4. The van der Waals surface area contributed by atoms with Crippen LogP contribution in [0.3, 0.4) is 0 Å². The van der Waals surface area contributed by atoms with Gasteiger partial charge in [-0.1, -0.05) is 31.2 Å². The Balaban J connectivity index is 1.42. The highest BCUT2D eigenvalue weighted by molar-refractivity contribution is 6.08. The summed E-state index contributed by atoms with van der Waals surface area (Å²) in [7, 11) is 0. The first-order valence-corrected chi connectivity index (χ1v) is 9.88. The third kappa shape index (κ3) is 3.85. The summed E-state index contributed by atoms with van der Waals surface area (Å²) < 4.78 is 18.9. The summed E-state index contributed by atoms with van der Waals surface area (Å²) >= 11 is 0. The lowest BCUT2D eigenvalue weighted by molar-refractivity contribution is -0.142. The van der Waals surface area contributed by atoms with Crippen LogP contribution in [0.4, 0.5) is 4.39 Å². The monoisotopic (exact) mass is 411 g/mol. The van der Waals surface area contributed by atoms with Crippen molar-refractivity contribution < 1.29 is 23.5 Å². The lowest BCUT2D eigenvalue weighted by atomic mass is 9.94. The molecule has 3 aliphatic heterocycles. The van der Waals surface area contributed by atoms with Crippen LogP contribution in [0.2, 0.25) is 0 Å². The number of amides is 1. The number of carbonyl (C=O) groups is 3. The van der Waals surface area contributed by atoms with Crippen LogP contribution in [0, 0.1) is 0 Å². The Morgan fingerprint density at radius 1 is 1.30 bits per heavy atom. The Hall–Kier alpha value is -3.42. The first-order valence-electron chi connectivity index (χ1n) is 9.88. The number of allylic oxidation sites excluding steroid dienone is 3. The average Bonchev–Trinajstić information content (AvgIpc) is 3.34. The highest BCUT2D eigenvalue weighted by atomic mass is 19.1. The molecule has 1 fully saturated rings. The van der Waals surface area contributed by atoms with E-state index >= 15 is 0 Å². The van der Waals surface area contributed by atoms with Gasteiger partial charge in [0.1, 0.15) is 23.8 Å². The maximum Gasteiger partial charge on any atom is 0.313 e. The van der Waals surface area contributed by atoms with E-state index in [0.717, 1.165) is 5.56 Å². The third-order valence-corrected chi connectivity index (χ3v) is 5.39. The molecule has 0 aliphatic carbocycles. The van der Waals surface area contributed by atoms with E-state index in [1.807, 2.05) is 0 Å². The van der Waals surface area contributed by atoms with Gasteiger partial charge in [-0.3, -0.25) is 14.4 Å². The Kier molecular flexibility index (Phi) is 5.39. The summed E-state index contributed by atoms with van der Waals surface area (Å²) in [4.78, 5) is 38.1. The molecule has 2 N–H and O–H groups in total. The Bertz CT molecular complexity index is 967. The summed E-state index contributed by atoms with van der Waals surface area (Å²) in [5.74, 6) is -1.53. The standard InChI is InChI=1S/C22H22FN3O4/c1-2-20(27)25-10-16-9-17(22(29)30-16)13-3-5-14(6-4-13)21(28)18-11-24-19-8-7-15(23)12-26(18)19/h3-8,11-12,16-17,19,24H,2,9-10H2,1H3,(H,25,27). The molecule has 0 aromatic heterocycles. The van der Waals surface area contributed by atoms with Crippen molar-refractivity contribution in [1.82, 2.24) is 15.5 Å². The van der Waals surface area contributed by atoms with E-state index in [-0.39, 0.29) is 29.9 Å². The average molecular weight is 411 g/mol. The van der Waals surface area contributed by atoms with Gasteiger partial charge in [-0.25, -0.2) is 4.39 Å². The van der Waals surface area contributed by atoms with Crippen molar-refractivity contribution in [3.8, 4) is 0 Å². The van der Waals surface area contributed by atoms with Gasteiger partial charge in [0.25, 0.3) is 0 Å². The number of nitrogens with zero attached hydrogens (tertiary/aromatic N) is 1. The summed E-state index contributed by atoms with van der Waals surface area (Å²) in [6, 6.07) is 6.79. The number of hydrogen-bond acceptors (Lipinski definition) is 6. The second kappa shape index (κ2) is 8.14. The van der Waals surface area contributed by atoms with E-state index in [2.05, 4.69) is 10.6 Å². The molecule has 0 radical (unpaired) electrons. The third-order valence-electron chi connectivity index (χ3n) is 5.39. The molecule has 4 rings (SSSR count). The molecule has 3 aliphatic rings. The summed E-state index contributed by atoms with van der Waals surface area (Å²) in [6.45, 7) is 2.05. The van der Waals surface area contributed by atoms with E-state index in [9.17, 15) is 18.8 Å².